The monoisotopic (exact) mass is 240 g/mol. The first-order chi connectivity index (χ1) is 8.10. The fourth-order valence-corrected chi connectivity index (χ4v) is 1.55. The molecule has 0 saturated carbocycles. The lowest BCUT2D eigenvalue weighted by atomic mass is 10.2. The molecule has 1 aromatic heterocycles. The van der Waals surface area contributed by atoms with Crippen molar-refractivity contribution in [3.8, 4) is 0 Å². The van der Waals surface area contributed by atoms with E-state index < -0.39 is 18.4 Å². The number of rotatable bonds is 3. The van der Waals surface area contributed by atoms with Crippen LogP contribution in [0.25, 0.3) is 11.0 Å². The molecule has 0 saturated heterocycles. The van der Waals surface area contributed by atoms with Gasteiger partial charge in [-0.1, -0.05) is 6.07 Å². The van der Waals surface area contributed by atoms with Gasteiger partial charge in [0.25, 0.3) is 5.56 Å². The van der Waals surface area contributed by atoms with Gasteiger partial charge in [0.05, 0.1) is 24.1 Å². The lowest BCUT2D eigenvalue weighted by molar-refractivity contribution is 0.147. The van der Waals surface area contributed by atoms with Crippen molar-refractivity contribution in [2.75, 3.05) is 0 Å². The quantitative estimate of drug-likeness (QED) is 0.847. The number of aromatic amines is 1. The molecule has 2 N–H and O–H groups in total. The minimum absolute atomic E-state index is 0.156. The summed E-state index contributed by atoms with van der Waals surface area (Å²) in [6.07, 6.45) is -3.26. The highest BCUT2D eigenvalue weighted by molar-refractivity contribution is 5.74. The Kier molecular flexibility index (Phi) is 3.14. The fraction of sp³-hybridized carbons (Fsp3) is 0.273. The van der Waals surface area contributed by atoms with Crippen LogP contribution in [0.1, 0.15) is 11.3 Å². The molecular weight excluding hydrogens is 230 g/mol. The van der Waals surface area contributed by atoms with Gasteiger partial charge in [-0.2, -0.15) is 0 Å². The summed E-state index contributed by atoms with van der Waals surface area (Å²) in [4.78, 5) is 17.8. The van der Waals surface area contributed by atoms with Crippen molar-refractivity contribution in [2.45, 2.75) is 19.5 Å². The molecule has 6 heteroatoms. The van der Waals surface area contributed by atoms with Crippen LogP contribution in [-0.2, 0) is 13.0 Å². The average Bonchev–Trinajstić information content (AvgIpc) is 2.29. The summed E-state index contributed by atoms with van der Waals surface area (Å²) in [7, 11) is 0. The Morgan fingerprint density at radius 3 is 2.82 bits per heavy atom. The van der Waals surface area contributed by atoms with Gasteiger partial charge in [0.15, 0.2) is 0 Å². The van der Waals surface area contributed by atoms with Gasteiger partial charge in [-0.3, -0.25) is 4.79 Å². The molecule has 0 unspecified atom stereocenters. The number of hydrogen-bond donors (Lipinski definition) is 2. The number of fused-ring (bicyclic) bond motifs is 1. The lowest BCUT2D eigenvalue weighted by Gasteiger charge is -2.03. The normalized spacial score (nSPS) is 11.3. The maximum atomic E-state index is 12.2. The second-order valence-electron chi connectivity index (χ2n) is 3.62. The van der Waals surface area contributed by atoms with Crippen LogP contribution in [0.5, 0.6) is 0 Å². The number of nitrogens with zero attached hydrogens (tertiary/aromatic N) is 1. The molecule has 2 aromatic rings. The van der Waals surface area contributed by atoms with Crippen molar-refractivity contribution >= 4 is 11.0 Å². The van der Waals surface area contributed by atoms with Crippen molar-refractivity contribution in [1.29, 1.82) is 0 Å². The van der Waals surface area contributed by atoms with E-state index in [0.29, 0.717) is 16.6 Å². The molecule has 0 aliphatic carbocycles. The Labute approximate surface area is 94.9 Å². The van der Waals surface area contributed by atoms with Crippen molar-refractivity contribution in [2.24, 2.45) is 0 Å². The third kappa shape index (κ3) is 2.47. The Hall–Kier alpha value is -1.82. The van der Waals surface area contributed by atoms with Crippen LogP contribution in [0.15, 0.2) is 23.0 Å². The number of benzene rings is 1. The van der Waals surface area contributed by atoms with Gasteiger partial charge < -0.3 is 10.1 Å². The number of aliphatic hydroxyl groups is 1. The van der Waals surface area contributed by atoms with E-state index in [4.69, 9.17) is 5.11 Å². The van der Waals surface area contributed by atoms with Gasteiger partial charge in [0, 0.05) is 0 Å². The van der Waals surface area contributed by atoms with Crippen LogP contribution < -0.4 is 5.56 Å². The minimum atomic E-state index is -2.60. The zero-order valence-electron chi connectivity index (χ0n) is 8.78. The van der Waals surface area contributed by atoms with Crippen LogP contribution in [0, 0.1) is 0 Å². The summed E-state index contributed by atoms with van der Waals surface area (Å²) in [5.41, 5.74) is 0.686. The number of aliphatic hydroxyl groups excluding tert-OH is 1. The van der Waals surface area contributed by atoms with E-state index in [1.54, 1.807) is 18.2 Å². The van der Waals surface area contributed by atoms with E-state index in [9.17, 15) is 13.6 Å². The maximum absolute atomic E-state index is 12.2. The van der Waals surface area contributed by atoms with Crippen molar-refractivity contribution in [3.63, 3.8) is 0 Å². The third-order valence-electron chi connectivity index (χ3n) is 2.36. The molecule has 4 nitrogen and oxygen atoms in total. The van der Waals surface area contributed by atoms with Crippen molar-refractivity contribution in [3.05, 3.63) is 39.8 Å². The number of H-pyrrole nitrogens is 1. The van der Waals surface area contributed by atoms with Crippen LogP contribution in [0.3, 0.4) is 0 Å². The van der Waals surface area contributed by atoms with E-state index in [1.165, 1.54) is 0 Å². The van der Waals surface area contributed by atoms with E-state index >= 15 is 0 Å². The molecule has 0 aliphatic heterocycles. The predicted octanol–water partition coefficient (Wildman–Crippen LogP) is 1.22. The summed E-state index contributed by atoms with van der Waals surface area (Å²) in [6.45, 7) is -0.156. The van der Waals surface area contributed by atoms with Crippen LogP contribution in [0.2, 0.25) is 0 Å². The Morgan fingerprint density at radius 2 is 2.18 bits per heavy atom. The maximum Gasteiger partial charge on any atom is 0.270 e. The molecule has 0 amide bonds. The van der Waals surface area contributed by atoms with Gasteiger partial charge in [-0.25, -0.2) is 13.8 Å². The third-order valence-corrected chi connectivity index (χ3v) is 2.36. The number of aromatic nitrogens is 2. The van der Waals surface area contributed by atoms with E-state index in [-0.39, 0.29) is 12.3 Å². The van der Waals surface area contributed by atoms with Gasteiger partial charge in [0.1, 0.15) is 5.69 Å². The van der Waals surface area contributed by atoms with Crippen molar-refractivity contribution in [1.82, 2.24) is 9.97 Å². The van der Waals surface area contributed by atoms with E-state index in [2.05, 4.69) is 9.97 Å². The molecule has 0 fully saturated rings. The molecular formula is C11H10F2N2O2. The molecule has 0 aliphatic rings. The fourth-order valence-electron chi connectivity index (χ4n) is 1.55. The summed E-state index contributed by atoms with van der Waals surface area (Å²) >= 11 is 0. The smallest absolute Gasteiger partial charge is 0.270 e. The van der Waals surface area contributed by atoms with Gasteiger partial charge in [-0.05, 0) is 17.7 Å². The number of alkyl halides is 2. The summed E-state index contributed by atoms with van der Waals surface area (Å²) in [5, 5.41) is 8.93. The second kappa shape index (κ2) is 4.58. The first-order valence-corrected chi connectivity index (χ1v) is 5.01. The number of hydrogen-bond acceptors (Lipinski definition) is 3. The Balaban J connectivity index is 2.54. The summed E-state index contributed by atoms with van der Waals surface area (Å²) in [6, 6.07) is 4.77. The molecule has 0 radical (unpaired) electrons. The zero-order chi connectivity index (χ0) is 12.4. The second-order valence-corrected chi connectivity index (χ2v) is 3.62. The highest BCUT2D eigenvalue weighted by Gasteiger charge is 2.11. The van der Waals surface area contributed by atoms with Crippen LogP contribution in [-0.4, -0.2) is 21.5 Å². The lowest BCUT2D eigenvalue weighted by Crippen LogP contribution is -2.17. The molecule has 2 rings (SSSR count). The molecule has 1 heterocycles. The molecule has 1 aromatic carbocycles. The largest absolute Gasteiger partial charge is 0.392 e. The number of nitrogens with one attached hydrogen (secondary N) is 1. The molecule has 17 heavy (non-hydrogen) atoms. The minimum Gasteiger partial charge on any atom is -0.392 e. The zero-order valence-corrected chi connectivity index (χ0v) is 8.78. The molecule has 0 bridgehead atoms. The first-order valence-electron chi connectivity index (χ1n) is 5.01. The topological polar surface area (TPSA) is 66.0 Å². The summed E-state index contributed by atoms with van der Waals surface area (Å²) in [5.74, 6) is 0. The van der Waals surface area contributed by atoms with Gasteiger partial charge >= 0.3 is 0 Å². The van der Waals surface area contributed by atoms with Crippen molar-refractivity contribution < 1.29 is 13.9 Å². The van der Waals surface area contributed by atoms with Gasteiger partial charge in [-0.15, -0.1) is 0 Å². The highest BCUT2D eigenvalue weighted by Crippen LogP contribution is 2.11. The SMILES string of the molecule is O=c1[nH]c2cc(CO)ccc2nc1CC(F)F. The molecule has 0 spiro atoms. The summed E-state index contributed by atoms with van der Waals surface area (Å²) < 4.78 is 24.4. The Bertz CT molecular complexity index is 596. The predicted molar refractivity (Wildman–Crippen MR) is 58.0 cm³/mol. The average molecular weight is 240 g/mol. The van der Waals surface area contributed by atoms with E-state index in [1.807, 2.05) is 0 Å². The highest BCUT2D eigenvalue weighted by atomic mass is 19.3. The molecule has 90 valence electrons. The van der Waals surface area contributed by atoms with Crippen LogP contribution in [0.4, 0.5) is 8.78 Å². The van der Waals surface area contributed by atoms with E-state index in [0.717, 1.165) is 0 Å². The first kappa shape index (κ1) is 11.7. The standard InChI is InChI=1S/C11H10F2N2O2/c12-10(13)4-9-11(17)15-8-3-6(5-16)1-2-7(8)14-9/h1-3,10,16H,4-5H2,(H,15,17). The van der Waals surface area contributed by atoms with Gasteiger partial charge in [0.2, 0.25) is 6.43 Å². The number of halogens is 2. The van der Waals surface area contributed by atoms with Crippen LogP contribution >= 0.6 is 0 Å². The Morgan fingerprint density at radius 1 is 1.41 bits per heavy atom. The molecule has 0 atom stereocenters.